The van der Waals surface area contributed by atoms with E-state index in [0.29, 0.717) is 36.2 Å². The van der Waals surface area contributed by atoms with E-state index >= 15 is 0 Å². The first-order chi connectivity index (χ1) is 14.1. The molecule has 1 aliphatic rings. The summed E-state index contributed by atoms with van der Waals surface area (Å²) in [6.45, 7) is 1.12. The molecule has 2 aromatic rings. The van der Waals surface area contributed by atoms with Crippen LogP contribution >= 0.6 is 0 Å². The summed E-state index contributed by atoms with van der Waals surface area (Å²) in [7, 11) is 0. The van der Waals surface area contributed by atoms with Crippen molar-refractivity contribution in [3.8, 4) is 0 Å². The fourth-order valence-corrected chi connectivity index (χ4v) is 2.92. The number of primary amides is 1. The third-order valence-electron chi connectivity index (χ3n) is 4.36. The van der Waals surface area contributed by atoms with Crippen LogP contribution in [0.4, 0.5) is 23.0 Å². The Bertz CT molecular complexity index is 902. The van der Waals surface area contributed by atoms with E-state index in [-0.39, 0.29) is 17.6 Å². The summed E-state index contributed by atoms with van der Waals surface area (Å²) in [6, 6.07) is 10.5. The van der Waals surface area contributed by atoms with E-state index in [1.54, 1.807) is 18.2 Å². The summed E-state index contributed by atoms with van der Waals surface area (Å²) >= 11 is 0. The standard InChI is InChI=1S/C19H24N8O2/c20-7-8-23-27-13-3-1-2-12(10-13)24-19-14(18(22)28)4-5-17(26-19)25-16-6-9-29-11-15(16)21/h1-5,7-8,10,15-16,20,27H,6,9,11,21H2,(H2,22,28)(H2,24,25,26)/b20-7?,23-8-. The second-order valence-corrected chi connectivity index (χ2v) is 6.50. The van der Waals surface area contributed by atoms with Crippen LogP contribution in [0.5, 0.6) is 0 Å². The molecule has 1 fully saturated rings. The van der Waals surface area contributed by atoms with Gasteiger partial charge in [0.05, 0.1) is 24.1 Å². The van der Waals surface area contributed by atoms with Gasteiger partial charge in [-0.25, -0.2) is 4.98 Å². The van der Waals surface area contributed by atoms with Crippen molar-refractivity contribution in [1.82, 2.24) is 4.98 Å². The van der Waals surface area contributed by atoms with Crippen molar-refractivity contribution in [3.05, 3.63) is 42.0 Å². The van der Waals surface area contributed by atoms with Gasteiger partial charge in [0.2, 0.25) is 0 Å². The molecule has 10 heteroatoms. The highest BCUT2D eigenvalue weighted by atomic mass is 16.5. The molecule has 0 spiro atoms. The third-order valence-corrected chi connectivity index (χ3v) is 4.36. The maximum atomic E-state index is 11.8. The van der Waals surface area contributed by atoms with Crippen LogP contribution in [0.25, 0.3) is 0 Å². The fourth-order valence-electron chi connectivity index (χ4n) is 2.92. The SMILES string of the molecule is N=C/C=N\Nc1cccc(Nc2nc(NC3CCOCC3N)ccc2C(N)=O)c1. The molecule has 2 unspecified atom stereocenters. The van der Waals surface area contributed by atoms with E-state index in [2.05, 4.69) is 26.1 Å². The summed E-state index contributed by atoms with van der Waals surface area (Å²) in [6.07, 6.45) is 3.16. The second kappa shape index (κ2) is 9.62. The summed E-state index contributed by atoms with van der Waals surface area (Å²) in [5, 5.41) is 17.3. The Morgan fingerprint density at radius 1 is 1.31 bits per heavy atom. The molecule has 0 bridgehead atoms. The van der Waals surface area contributed by atoms with E-state index in [1.165, 1.54) is 6.21 Å². The quantitative estimate of drug-likeness (QED) is 0.291. The number of nitrogens with two attached hydrogens (primary N) is 2. The normalized spacial score (nSPS) is 18.9. The minimum absolute atomic E-state index is 0.0303. The summed E-state index contributed by atoms with van der Waals surface area (Å²) in [5.41, 5.74) is 16.1. The van der Waals surface area contributed by atoms with Crippen LogP contribution in [-0.4, -0.2) is 48.6 Å². The number of hydrogen-bond donors (Lipinski definition) is 6. The van der Waals surface area contributed by atoms with Gasteiger partial charge in [-0.2, -0.15) is 5.10 Å². The number of carbonyl (C=O) groups is 1. The highest BCUT2D eigenvalue weighted by molar-refractivity contribution is 6.14. The zero-order chi connectivity index (χ0) is 20.6. The number of rotatable bonds is 8. The van der Waals surface area contributed by atoms with Gasteiger partial charge in [-0.15, -0.1) is 0 Å². The van der Waals surface area contributed by atoms with Crippen LogP contribution in [0.3, 0.4) is 0 Å². The summed E-state index contributed by atoms with van der Waals surface area (Å²) in [5.74, 6) is 0.340. The number of ether oxygens (including phenoxy) is 1. The number of carbonyl (C=O) groups excluding carboxylic acids is 1. The van der Waals surface area contributed by atoms with Crippen molar-refractivity contribution in [2.24, 2.45) is 16.6 Å². The number of nitrogens with zero attached hydrogens (tertiary/aromatic N) is 2. The number of anilines is 4. The van der Waals surface area contributed by atoms with Gasteiger partial charge in [0.15, 0.2) is 0 Å². The van der Waals surface area contributed by atoms with E-state index < -0.39 is 5.91 Å². The van der Waals surface area contributed by atoms with Crippen LogP contribution in [-0.2, 0) is 4.74 Å². The Hall–Kier alpha value is -3.50. The lowest BCUT2D eigenvalue weighted by Crippen LogP contribution is -2.47. The molecule has 1 amide bonds. The maximum Gasteiger partial charge on any atom is 0.252 e. The molecule has 152 valence electrons. The van der Waals surface area contributed by atoms with Gasteiger partial charge in [0.1, 0.15) is 11.6 Å². The van der Waals surface area contributed by atoms with Crippen molar-refractivity contribution in [1.29, 1.82) is 5.41 Å². The van der Waals surface area contributed by atoms with Crippen molar-refractivity contribution < 1.29 is 9.53 Å². The lowest BCUT2D eigenvalue weighted by Gasteiger charge is -2.30. The molecule has 3 rings (SSSR count). The Morgan fingerprint density at radius 3 is 2.90 bits per heavy atom. The number of hydrogen-bond acceptors (Lipinski definition) is 9. The molecule has 10 nitrogen and oxygen atoms in total. The molecule has 2 atom stereocenters. The minimum Gasteiger partial charge on any atom is -0.380 e. The van der Waals surface area contributed by atoms with Crippen molar-refractivity contribution in [2.75, 3.05) is 29.3 Å². The fraction of sp³-hybridized carbons (Fsp3) is 0.263. The van der Waals surface area contributed by atoms with Crippen molar-refractivity contribution >= 4 is 41.3 Å². The molecule has 8 N–H and O–H groups in total. The third kappa shape index (κ3) is 5.50. The summed E-state index contributed by atoms with van der Waals surface area (Å²) < 4.78 is 5.36. The highest BCUT2D eigenvalue weighted by Gasteiger charge is 2.23. The first kappa shape index (κ1) is 20.2. The van der Waals surface area contributed by atoms with Crippen LogP contribution in [0.2, 0.25) is 0 Å². The van der Waals surface area contributed by atoms with Crippen molar-refractivity contribution in [3.63, 3.8) is 0 Å². The minimum atomic E-state index is -0.584. The first-order valence-electron chi connectivity index (χ1n) is 9.13. The lowest BCUT2D eigenvalue weighted by molar-refractivity contribution is 0.0752. The average Bonchev–Trinajstić information content (AvgIpc) is 2.70. The number of amides is 1. The van der Waals surface area contributed by atoms with Crippen molar-refractivity contribution in [2.45, 2.75) is 18.5 Å². The van der Waals surface area contributed by atoms with Gasteiger partial charge in [0.25, 0.3) is 5.91 Å². The van der Waals surface area contributed by atoms with Gasteiger partial charge in [-0.1, -0.05) is 6.07 Å². The molecule has 29 heavy (non-hydrogen) atoms. The molecule has 1 aromatic carbocycles. The molecule has 1 saturated heterocycles. The Morgan fingerprint density at radius 2 is 2.14 bits per heavy atom. The maximum absolute atomic E-state index is 11.8. The monoisotopic (exact) mass is 396 g/mol. The number of pyridine rings is 1. The van der Waals surface area contributed by atoms with E-state index in [4.69, 9.17) is 21.6 Å². The molecular formula is C19H24N8O2. The highest BCUT2D eigenvalue weighted by Crippen LogP contribution is 2.24. The predicted molar refractivity (Wildman–Crippen MR) is 114 cm³/mol. The van der Waals surface area contributed by atoms with E-state index in [0.717, 1.165) is 12.6 Å². The Kier molecular flexibility index (Phi) is 6.72. The Labute approximate surface area is 168 Å². The first-order valence-corrected chi connectivity index (χ1v) is 9.13. The average molecular weight is 396 g/mol. The van der Waals surface area contributed by atoms with Gasteiger partial charge in [0, 0.05) is 30.6 Å². The number of hydrazone groups is 1. The molecule has 2 heterocycles. The topological polar surface area (TPSA) is 164 Å². The zero-order valence-electron chi connectivity index (χ0n) is 15.8. The van der Waals surface area contributed by atoms with Gasteiger partial charge in [-0.05, 0) is 36.8 Å². The smallest absolute Gasteiger partial charge is 0.252 e. The largest absolute Gasteiger partial charge is 0.380 e. The molecule has 0 radical (unpaired) electrons. The molecule has 1 aromatic heterocycles. The van der Waals surface area contributed by atoms with Gasteiger partial charge >= 0.3 is 0 Å². The summed E-state index contributed by atoms with van der Waals surface area (Å²) in [4.78, 5) is 16.4. The lowest BCUT2D eigenvalue weighted by atomic mass is 10.0. The molecular weight excluding hydrogens is 372 g/mol. The predicted octanol–water partition coefficient (Wildman–Crippen LogP) is 1.50. The van der Waals surface area contributed by atoms with E-state index in [1.807, 2.05) is 18.2 Å². The Balaban J connectivity index is 1.81. The zero-order valence-corrected chi connectivity index (χ0v) is 15.8. The molecule has 0 saturated carbocycles. The van der Waals surface area contributed by atoms with Gasteiger partial charge < -0.3 is 32.2 Å². The second-order valence-electron chi connectivity index (χ2n) is 6.50. The van der Waals surface area contributed by atoms with Crippen LogP contribution in [0, 0.1) is 5.41 Å². The molecule has 0 aliphatic carbocycles. The van der Waals surface area contributed by atoms with Crippen LogP contribution in [0.15, 0.2) is 41.5 Å². The van der Waals surface area contributed by atoms with E-state index in [9.17, 15) is 4.79 Å². The van der Waals surface area contributed by atoms with Gasteiger partial charge in [-0.3, -0.25) is 10.2 Å². The van der Waals surface area contributed by atoms with Crippen LogP contribution in [0.1, 0.15) is 16.8 Å². The number of nitrogens with one attached hydrogen (secondary N) is 4. The van der Waals surface area contributed by atoms with Crippen LogP contribution < -0.4 is 27.5 Å². The number of benzene rings is 1. The molecule has 1 aliphatic heterocycles. The number of aromatic nitrogens is 1.